The van der Waals surface area contributed by atoms with Gasteiger partial charge in [0, 0.05) is 86.4 Å². The number of nitrogens with zero attached hydrogens (tertiary/aromatic N) is 3. The van der Waals surface area contributed by atoms with E-state index in [0.717, 1.165) is 32.5 Å². The molecule has 0 saturated heterocycles. The van der Waals surface area contributed by atoms with E-state index in [2.05, 4.69) is 16.0 Å². The minimum atomic E-state index is -2.04. The highest BCUT2D eigenvalue weighted by Crippen LogP contribution is 2.49. The van der Waals surface area contributed by atoms with E-state index in [4.69, 9.17) is 20.2 Å². The third-order valence-electron chi connectivity index (χ3n) is 15.7. The maximum atomic E-state index is 15.4. The molecule has 8 rings (SSSR count). The number of aliphatic hydroxyl groups is 1. The van der Waals surface area contributed by atoms with Crippen molar-refractivity contribution in [2.75, 3.05) is 33.0 Å². The molecule has 0 saturated carbocycles. The number of carbonyl (C=O) groups is 10. The number of ether oxygens (including phenoxy) is 2. The average molecular weight is 1100 g/mol. The molecule has 1 aromatic heterocycles. The number of nitrogens with two attached hydrogens (primary N) is 1. The minimum absolute atomic E-state index is 0.0378. The van der Waals surface area contributed by atoms with Crippen molar-refractivity contribution in [3.63, 3.8) is 0 Å². The first-order chi connectivity index (χ1) is 38.4. The Hall–Kier alpha value is -7.62. The van der Waals surface area contributed by atoms with Gasteiger partial charge in [0.05, 0.1) is 41.1 Å². The molecule has 80 heavy (non-hydrogen) atoms. The number of esters is 2. The summed E-state index contributed by atoms with van der Waals surface area (Å²) in [4.78, 5) is 137. The lowest BCUT2D eigenvalue weighted by atomic mass is 9.76. The van der Waals surface area contributed by atoms with Crippen LogP contribution in [0.1, 0.15) is 136 Å². The zero-order valence-corrected chi connectivity index (χ0v) is 45.1. The Bertz CT molecular complexity index is 3080. The van der Waals surface area contributed by atoms with Crippen molar-refractivity contribution in [1.29, 1.82) is 0 Å². The van der Waals surface area contributed by atoms with Gasteiger partial charge in [-0.05, 0) is 106 Å². The minimum Gasteiger partial charge on any atom is -0.387 e. The molecule has 4 atom stereocenters. The molecule has 0 bridgehead atoms. The van der Waals surface area contributed by atoms with Gasteiger partial charge in [0.1, 0.15) is 19.2 Å². The number of halogens is 1. The quantitative estimate of drug-likeness (QED) is 0.0216. The van der Waals surface area contributed by atoms with Gasteiger partial charge in [-0.2, -0.15) is 0 Å². The molecule has 424 valence electrons. The van der Waals surface area contributed by atoms with E-state index in [1.54, 1.807) is 44.2 Å². The summed E-state index contributed by atoms with van der Waals surface area (Å²) in [6.45, 7) is 3.63. The van der Waals surface area contributed by atoms with Crippen molar-refractivity contribution < 1.29 is 66.9 Å². The number of unbranched alkanes of at least 4 members (excludes halogenated alkanes) is 3. The average Bonchev–Trinajstić information content (AvgIpc) is 4.14. The van der Waals surface area contributed by atoms with Gasteiger partial charge in [0.15, 0.2) is 23.0 Å². The molecule has 5 amide bonds. The van der Waals surface area contributed by atoms with Gasteiger partial charge in [-0.15, -0.1) is 0 Å². The first-order valence-electron chi connectivity index (χ1n) is 27.5. The Labute approximate surface area is 462 Å². The summed E-state index contributed by atoms with van der Waals surface area (Å²) in [6.07, 6.45) is 7.44. The van der Waals surface area contributed by atoms with E-state index in [9.17, 15) is 53.1 Å². The largest absolute Gasteiger partial charge is 0.387 e. The third-order valence-corrected chi connectivity index (χ3v) is 15.7. The lowest BCUT2D eigenvalue weighted by Gasteiger charge is -2.36. The van der Waals surface area contributed by atoms with Crippen LogP contribution < -0.4 is 21.7 Å². The number of ketones is 3. The molecular weight excluding hydrogens is 1030 g/mol. The number of aromatic nitrogens is 1. The van der Waals surface area contributed by atoms with Crippen LogP contribution in [0.2, 0.25) is 0 Å². The molecule has 1 aliphatic carbocycles. The summed E-state index contributed by atoms with van der Waals surface area (Å²) < 4.78 is 26.0. The van der Waals surface area contributed by atoms with E-state index < -0.39 is 53.0 Å². The first kappa shape index (κ1) is 58.5. The standard InChI is InChI=1S/C59H68FN7O13/c1-3-59(78)41-28-46-56-40(31-66(46)30-39(41)57(76)80-58(59)77)54-36(16-17-38-34(2)42(60)29-45(65-56)55(38)54)27-37(68)32-79-33-62-49(71)20-18-48(70)44(26-35-12-6-4-7-13-35)64-51(73)21-19-47(69)43(14-9-10-24-61)63-50(72)15-8-5-11-25-67-52(74)22-23-53(67)75/h4,6-7,12-13,22-23,28-29,36,43-44,78H,3,5,8-11,14-21,24-27,30-33,61H2,1-2H3,(H,62,71)(H,63,72)(H,64,73)/t36-,43+,44+,59+/m1/s1. The number of amides is 5. The molecule has 20 nitrogen and oxygen atoms in total. The van der Waals surface area contributed by atoms with E-state index in [1.807, 2.05) is 11.0 Å². The Morgan fingerprint density at radius 3 is 2.30 bits per heavy atom. The SMILES string of the molecule is CC[C@@]1(O)C(=O)OC(=O)C2=C1C=C1c3nc4cc(F)c(C)c5c4c(c3CN1C2)[C@@H](CC(=O)COCNC(=O)CCC(=O)[C@H](Cc1ccccc1)NC(=O)CCC(=O)[C@H](CCCCN)NC(=O)CCCCCN1C(=O)C=CC1=O)CC5. The molecule has 0 unspecified atom stereocenters. The van der Waals surface area contributed by atoms with Crippen LogP contribution in [0.4, 0.5) is 4.39 Å². The molecular formula is C59H68FN7O13. The summed E-state index contributed by atoms with van der Waals surface area (Å²) in [5.41, 5.74) is 9.09. The molecule has 6 N–H and O–H groups in total. The van der Waals surface area contributed by atoms with Crippen molar-refractivity contribution in [2.45, 2.75) is 147 Å². The number of benzene rings is 2. The van der Waals surface area contributed by atoms with Crippen LogP contribution in [0.5, 0.6) is 0 Å². The molecule has 5 heterocycles. The van der Waals surface area contributed by atoms with Crippen LogP contribution in [0.3, 0.4) is 0 Å². The lowest BCUT2D eigenvalue weighted by Crippen LogP contribution is -2.49. The fourth-order valence-corrected chi connectivity index (χ4v) is 11.2. The van der Waals surface area contributed by atoms with E-state index in [-0.39, 0.29) is 124 Å². The second-order valence-corrected chi connectivity index (χ2v) is 21.1. The van der Waals surface area contributed by atoms with Crippen LogP contribution in [-0.4, -0.2) is 129 Å². The number of carbonyl (C=O) groups excluding carboxylic acids is 10. The molecule has 0 radical (unpaired) electrons. The number of imide groups is 1. The number of rotatable bonds is 29. The summed E-state index contributed by atoms with van der Waals surface area (Å²) in [5.74, 6) is -5.83. The second-order valence-electron chi connectivity index (χ2n) is 21.1. The van der Waals surface area contributed by atoms with Gasteiger partial charge in [-0.25, -0.2) is 19.0 Å². The van der Waals surface area contributed by atoms with Gasteiger partial charge >= 0.3 is 11.9 Å². The predicted molar refractivity (Wildman–Crippen MR) is 288 cm³/mol. The van der Waals surface area contributed by atoms with Crippen molar-refractivity contribution in [3.05, 3.63) is 105 Å². The van der Waals surface area contributed by atoms with Crippen LogP contribution in [0, 0.1) is 12.7 Å². The van der Waals surface area contributed by atoms with Gasteiger partial charge in [0.25, 0.3) is 11.8 Å². The molecule has 21 heteroatoms. The third kappa shape index (κ3) is 13.3. The molecule has 4 aliphatic heterocycles. The van der Waals surface area contributed by atoms with Gasteiger partial charge < -0.3 is 41.2 Å². The Morgan fingerprint density at radius 2 is 1.57 bits per heavy atom. The smallest absolute Gasteiger partial charge is 0.350 e. The number of hydrogen-bond acceptors (Lipinski definition) is 16. The predicted octanol–water partition coefficient (Wildman–Crippen LogP) is 3.98. The maximum Gasteiger partial charge on any atom is 0.350 e. The number of aryl methyl sites for hydroxylation is 1. The second kappa shape index (κ2) is 26.1. The van der Waals surface area contributed by atoms with Crippen molar-refractivity contribution in [3.8, 4) is 0 Å². The Morgan fingerprint density at radius 1 is 0.875 bits per heavy atom. The molecule has 3 aromatic rings. The van der Waals surface area contributed by atoms with Crippen LogP contribution in [-0.2, 0) is 76.8 Å². The lowest BCUT2D eigenvalue weighted by molar-refractivity contribution is -0.172. The van der Waals surface area contributed by atoms with Gasteiger partial charge in [-0.3, -0.25) is 43.3 Å². The molecule has 0 fully saturated rings. The summed E-state index contributed by atoms with van der Waals surface area (Å²) in [7, 11) is 0. The van der Waals surface area contributed by atoms with Crippen LogP contribution in [0.25, 0.3) is 16.6 Å². The number of nitrogens with one attached hydrogen (secondary N) is 3. The van der Waals surface area contributed by atoms with Crippen molar-refractivity contribution in [1.82, 2.24) is 30.7 Å². The highest BCUT2D eigenvalue weighted by Gasteiger charge is 2.50. The number of pyridine rings is 1. The van der Waals surface area contributed by atoms with E-state index in [0.29, 0.717) is 86.9 Å². The fourth-order valence-electron chi connectivity index (χ4n) is 11.2. The maximum absolute atomic E-state index is 15.4. The van der Waals surface area contributed by atoms with E-state index in [1.165, 1.54) is 18.2 Å². The monoisotopic (exact) mass is 1100 g/mol. The Kier molecular flexibility index (Phi) is 19.1. The summed E-state index contributed by atoms with van der Waals surface area (Å²) in [5, 5.41) is 20.3. The number of hydrogen-bond donors (Lipinski definition) is 5. The highest BCUT2D eigenvalue weighted by atomic mass is 19.1. The topological polar surface area (TPSA) is 291 Å². The number of Topliss-reactive ketones (excluding diaryl/α,β-unsaturated/α-hetero) is 3. The van der Waals surface area contributed by atoms with Crippen LogP contribution in [0.15, 0.2) is 65.8 Å². The molecule has 0 spiro atoms. The zero-order valence-electron chi connectivity index (χ0n) is 45.1. The van der Waals surface area contributed by atoms with Crippen LogP contribution >= 0.6 is 0 Å². The Balaban J connectivity index is 0.819. The first-order valence-corrected chi connectivity index (χ1v) is 27.5. The summed E-state index contributed by atoms with van der Waals surface area (Å²) >= 11 is 0. The summed E-state index contributed by atoms with van der Waals surface area (Å²) in [6, 6.07) is 8.48. The van der Waals surface area contributed by atoms with Crippen molar-refractivity contribution >= 4 is 75.4 Å². The fraction of sp³-hybridized carbons (Fsp3) is 0.475. The normalized spacial score (nSPS) is 18.8. The van der Waals surface area contributed by atoms with Crippen molar-refractivity contribution in [2.24, 2.45) is 5.73 Å². The zero-order chi connectivity index (χ0) is 57.3. The molecule has 5 aliphatic rings. The molecule has 2 aromatic carbocycles. The van der Waals surface area contributed by atoms with Gasteiger partial charge in [-0.1, -0.05) is 43.7 Å². The highest BCUT2D eigenvalue weighted by molar-refractivity contribution is 6.13. The number of cyclic esters (lactones) is 2. The number of fused-ring (bicyclic) bond motifs is 4. The van der Waals surface area contributed by atoms with Gasteiger partial charge in [0.2, 0.25) is 17.7 Å². The van der Waals surface area contributed by atoms with E-state index >= 15 is 4.39 Å².